The Kier molecular flexibility index (Phi) is 13.6. The van der Waals surface area contributed by atoms with Gasteiger partial charge in [-0.3, -0.25) is 4.79 Å². The van der Waals surface area contributed by atoms with Crippen LogP contribution in [0.25, 0.3) is 0 Å². The molecule has 37 heavy (non-hydrogen) atoms. The first-order valence-corrected chi connectivity index (χ1v) is 15.2. The smallest absolute Gasteiger partial charge is 0.255 e. The minimum atomic E-state index is -0.174. The van der Waals surface area contributed by atoms with E-state index >= 15 is 0 Å². The Labute approximate surface area is 232 Å². The van der Waals surface area contributed by atoms with Crippen molar-refractivity contribution in [3.05, 3.63) is 75.7 Å². The number of para-hydroxylation sites is 1. The number of aromatic nitrogens is 1. The fourth-order valence-corrected chi connectivity index (χ4v) is 5.22. The molecule has 0 atom stereocenters. The summed E-state index contributed by atoms with van der Waals surface area (Å²) in [4.78, 5) is 12.9. The first-order valence-electron chi connectivity index (χ1n) is 13.9. The molecule has 1 N–H and O–H groups in total. The molecular weight excluding hydrogens is 500 g/mol. The second-order valence-electron chi connectivity index (χ2n) is 9.70. The monoisotopic (exact) mass is 541 g/mol. The van der Waals surface area contributed by atoms with Crippen molar-refractivity contribution in [2.45, 2.75) is 90.5 Å². The molecule has 0 spiro atoms. The molecule has 0 saturated heterocycles. The minimum absolute atomic E-state index is 0.174. The third-order valence-electron chi connectivity index (χ3n) is 6.57. The number of nitrogens with zero attached hydrogens (tertiary/aromatic N) is 1. The third kappa shape index (κ3) is 10.9. The van der Waals surface area contributed by atoms with Crippen molar-refractivity contribution >= 4 is 34.5 Å². The molecule has 3 aromatic rings. The van der Waals surface area contributed by atoms with Crippen LogP contribution in [0.4, 0.5) is 5.69 Å². The first-order chi connectivity index (χ1) is 18.2. The number of rotatable bonds is 18. The van der Waals surface area contributed by atoms with Crippen molar-refractivity contribution in [2.24, 2.45) is 0 Å². The fraction of sp³-hybridized carbons (Fsp3) is 0.484. The predicted molar refractivity (Wildman–Crippen MR) is 156 cm³/mol. The lowest BCUT2D eigenvalue weighted by Gasteiger charge is -2.14. The molecular formula is C31H42ClN2O2S+. The fourth-order valence-electron chi connectivity index (χ4n) is 4.39. The molecule has 4 nitrogen and oxygen atoms in total. The van der Waals surface area contributed by atoms with Gasteiger partial charge in [0.2, 0.25) is 5.51 Å². The van der Waals surface area contributed by atoms with Gasteiger partial charge in [0.15, 0.2) is 18.5 Å². The maximum Gasteiger partial charge on any atom is 0.255 e. The van der Waals surface area contributed by atoms with E-state index in [1.807, 2.05) is 48.0 Å². The van der Waals surface area contributed by atoms with E-state index in [-0.39, 0.29) is 5.91 Å². The number of hydrogen-bond donors (Lipinski definition) is 1. The number of hydrogen-bond acceptors (Lipinski definition) is 3. The zero-order chi connectivity index (χ0) is 26.1. The van der Waals surface area contributed by atoms with E-state index in [4.69, 9.17) is 16.3 Å². The zero-order valence-corrected chi connectivity index (χ0v) is 23.8. The number of halogens is 1. The van der Waals surface area contributed by atoms with Crippen molar-refractivity contribution in [1.29, 1.82) is 0 Å². The molecule has 2 aromatic carbocycles. The van der Waals surface area contributed by atoms with Gasteiger partial charge in [-0.05, 0) is 30.7 Å². The van der Waals surface area contributed by atoms with Crippen LogP contribution in [-0.2, 0) is 6.54 Å². The summed E-state index contributed by atoms with van der Waals surface area (Å²) in [6.07, 6.45) is 17.7. The van der Waals surface area contributed by atoms with Gasteiger partial charge in [0.05, 0.1) is 22.7 Å². The summed E-state index contributed by atoms with van der Waals surface area (Å²) in [6.45, 7) is 3.65. The molecule has 0 aliphatic carbocycles. The molecule has 3 rings (SSSR count). The number of anilines is 1. The average Bonchev–Trinajstić information content (AvgIpc) is 3.41. The van der Waals surface area contributed by atoms with E-state index in [0.717, 1.165) is 24.9 Å². The van der Waals surface area contributed by atoms with Crippen LogP contribution in [0.15, 0.2) is 59.6 Å². The second kappa shape index (κ2) is 17.2. The average molecular weight is 542 g/mol. The summed E-state index contributed by atoms with van der Waals surface area (Å²) >= 11 is 8.08. The molecule has 6 heteroatoms. The molecule has 1 amide bonds. The van der Waals surface area contributed by atoms with Crippen molar-refractivity contribution in [3.63, 3.8) is 0 Å². The summed E-state index contributed by atoms with van der Waals surface area (Å²) in [6, 6.07) is 13.2. The number of carbonyl (C=O) groups is 1. The quantitative estimate of drug-likeness (QED) is 0.129. The Morgan fingerprint density at radius 2 is 1.54 bits per heavy atom. The van der Waals surface area contributed by atoms with E-state index in [9.17, 15) is 4.79 Å². The summed E-state index contributed by atoms with van der Waals surface area (Å²) in [7, 11) is 0. The molecule has 0 radical (unpaired) electrons. The predicted octanol–water partition coefficient (Wildman–Crippen LogP) is 9.07. The van der Waals surface area contributed by atoms with Gasteiger partial charge < -0.3 is 10.1 Å². The van der Waals surface area contributed by atoms with Gasteiger partial charge in [-0.1, -0.05) is 119 Å². The molecule has 0 unspecified atom stereocenters. The highest BCUT2D eigenvalue weighted by atomic mass is 35.5. The second-order valence-corrected chi connectivity index (χ2v) is 10.9. The van der Waals surface area contributed by atoms with Gasteiger partial charge in [-0.15, -0.1) is 0 Å². The molecule has 0 aliphatic rings. The van der Waals surface area contributed by atoms with E-state index in [1.54, 1.807) is 17.4 Å². The van der Waals surface area contributed by atoms with Crippen molar-refractivity contribution in [2.75, 3.05) is 11.9 Å². The molecule has 200 valence electrons. The number of unbranched alkanes of at least 4 members (excludes halogenated alkanes) is 11. The summed E-state index contributed by atoms with van der Waals surface area (Å²) < 4.78 is 8.14. The van der Waals surface area contributed by atoms with Crippen LogP contribution < -0.4 is 14.6 Å². The van der Waals surface area contributed by atoms with Gasteiger partial charge in [0, 0.05) is 11.1 Å². The van der Waals surface area contributed by atoms with E-state index in [2.05, 4.69) is 22.3 Å². The normalized spacial score (nSPS) is 11.0. The van der Waals surface area contributed by atoms with Crippen LogP contribution in [0.5, 0.6) is 5.75 Å². The lowest BCUT2D eigenvalue weighted by Crippen LogP contribution is -2.30. The summed E-state index contributed by atoms with van der Waals surface area (Å²) in [5, 5.41) is 5.54. The van der Waals surface area contributed by atoms with Crippen molar-refractivity contribution in [1.82, 2.24) is 0 Å². The Morgan fingerprint density at radius 3 is 2.16 bits per heavy atom. The van der Waals surface area contributed by atoms with Crippen LogP contribution >= 0.6 is 22.9 Å². The maximum absolute atomic E-state index is 12.9. The van der Waals surface area contributed by atoms with E-state index in [1.165, 1.54) is 64.2 Å². The topological polar surface area (TPSA) is 42.2 Å². The van der Waals surface area contributed by atoms with Crippen LogP contribution in [0.2, 0.25) is 5.02 Å². The number of nitrogens with one attached hydrogen (secondary N) is 1. The molecule has 0 saturated carbocycles. The van der Waals surface area contributed by atoms with Gasteiger partial charge in [0.1, 0.15) is 0 Å². The van der Waals surface area contributed by atoms with Gasteiger partial charge >= 0.3 is 0 Å². The number of benzene rings is 2. The van der Waals surface area contributed by atoms with Crippen LogP contribution in [0.1, 0.15) is 99.9 Å². The van der Waals surface area contributed by atoms with Gasteiger partial charge in [0.25, 0.3) is 5.91 Å². The number of amides is 1. The minimum Gasteiger partial charge on any atom is -0.490 e. The molecule has 1 heterocycles. The first kappa shape index (κ1) is 29.2. The van der Waals surface area contributed by atoms with Crippen molar-refractivity contribution in [3.8, 4) is 5.75 Å². The third-order valence-corrected chi connectivity index (χ3v) is 7.54. The Bertz CT molecular complexity index is 1040. The molecule has 0 fully saturated rings. The summed E-state index contributed by atoms with van der Waals surface area (Å²) in [5.41, 5.74) is 4.42. The number of ether oxygens (including phenoxy) is 1. The Balaban J connectivity index is 1.36. The lowest BCUT2D eigenvalue weighted by atomic mass is 10.1. The molecule has 0 aliphatic heterocycles. The van der Waals surface area contributed by atoms with Crippen molar-refractivity contribution < 1.29 is 14.1 Å². The lowest BCUT2D eigenvalue weighted by molar-refractivity contribution is -0.683. The maximum atomic E-state index is 12.9. The molecule has 1 aromatic heterocycles. The van der Waals surface area contributed by atoms with E-state index in [0.29, 0.717) is 28.6 Å². The number of thiazole rings is 1. The highest BCUT2D eigenvalue weighted by molar-refractivity contribution is 7.07. The van der Waals surface area contributed by atoms with Gasteiger partial charge in [-0.25, -0.2) is 0 Å². The molecule has 0 bridgehead atoms. The Morgan fingerprint density at radius 1 is 0.892 bits per heavy atom. The highest BCUT2D eigenvalue weighted by Gasteiger charge is 2.13. The van der Waals surface area contributed by atoms with E-state index < -0.39 is 0 Å². The van der Waals surface area contributed by atoms with Crippen LogP contribution in [0.3, 0.4) is 0 Å². The largest absolute Gasteiger partial charge is 0.490 e. The van der Waals surface area contributed by atoms with Crippen LogP contribution in [0, 0.1) is 0 Å². The Hall–Kier alpha value is -2.37. The van der Waals surface area contributed by atoms with Crippen LogP contribution in [-0.4, -0.2) is 12.5 Å². The SMILES string of the molecule is CCCCCCCCCCCCCCOc1c(Cl)cccc1NC(=O)c1ccc(C[n+]2ccsc2)cc1. The summed E-state index contributed by atoms with van der Waals surface area (Å²) in [5.74, 6) is 0.373. The highest BCUT2D eigenvalue weighted by Crippen LogP contribution is 2.33. The number of carbonyl (C=O) groups excluding carboxylic acids is 1. The standard InChI is InChI=1S/C31H41ClN2O2S/c1-2-3-4-5-6-7-8-9-10-11-12-13-22-36-30-28(32)15-14-16-29(30)33-31(35)27-19-17-26(18-20-27)24-34-21-23-37-25-34/h14-21,23,25H,2-13,22,24H2,1H3/p+1. The zero-order valence-electron chi connectivity index (χ0n) is 22.2. The van der Waals surface area contributed by atoms with Gasteiger partial charge in [-0.2, -0.15) is 4.57 Å².